The molecule has 2 aromatic rings. The summed E-state index contributed by atoms with van der Waals surface area (Å²) in [4.78, 5) is 1.90. The molecule has 34 heavy (non-hydrogen) atoms. The standard InChI is InChI=1S/C25H30F3N3O3/c1-3-23(32)31-10-8-19-13-18(14-20(15-29)24(19)31)12-17(2)30-9-11-33-21-6-4-5-7-22(21)34-16-25(26,27)28/h4-7,13-14,17,23,30,32H,3,8-12,16H2,1-2H3/t17-,23?/m0/s1. The van der Waals surface area contributed by atoms with Crippen molar-refractivity contribution < 1.29 is 27.8 Å². The van der Waals surface area contributed by atoms with Crippen molar-refractivity contribution in [1.29, 1.82) is 5.26 Å². The molecular formula is C25H30F3N3O3. The number of ether oxygens (including phenoxy) is 2. The number of aliphatic hydroxyl groups is 1. The highest BCUT2D eigenvalue weighted by molar-refractivity contribution is 5.68. The lowest BCUT2D eigenvalue weighted by Crippen LogP contribution is -2.33. The van der Waals surface area contributed by atoms with Gasteiger partial charge in [-0.15, -0.1) is 0 Å². The molecular weight excluding hydrogens is 447 g/mol. The van der Waals surface area contributed by atoms with Gasteiger partial charge in [0.2, 0.25) is 0 Å². The van der Waals surface area contributed by atoms with Crippen LogP contribution in [-0.2, 0) is 12.8 Å². The van der Waals surface area contributed by atoms with E-state index >= 15 is 0 Å². The van der Waals surface area contributed by atoms with Crippen LogP contribution in [0.1, 0.15) is 37.0 Å². The number of alkyl halides is 3. The highest BCUT2D eigenvalue weighted by Crippen LogP contribution is 2.35. The van der Waals surface area contributed by atoms with Crippen LogP contribution in [0, 0.1) is 11.3 Å². The van der Waals surface area contributed by atoms with Crippen LogP contribution < -0.4 is 19.7 Å². The van der Waals surface area contributed by atoms with Crippen molar-refractivity contribution in [1.82, 2.24) is 5.32 Å². The highest BCUT2D eigenvalue weighted by Gasteiger charge is 2.29. The lowest BCUT2D eigenvalue weighted by Gasteiger charge is -2.26. The third-order valence-corrected chi connectivity index (χ3v) is 5.64. The summed E-state index contributed by atoms with van der Waals surface area (Å²) >= 11 is 0. The van der Waals surface area contributed by atoms with E-state index in [0.29, 0.717) is 31.5 Å². The zero-order valence-electron chi connectivity index (χ0n) is 19.4. The number of hydrogen-bond acceptors (Lipinski definition) is 6. The summed E-state index contributed by atoms with van der Waals surface area (Å²) in [6.07, 6.45) is -2.93. The predicted molar refractivity (Wildman–Crippen MR) is 123 cm³/mol. The quantitative estimate of drug-likeness (QED) is 0.473. The number of hydrogen-bond donors (Lipinski definition) is 2. The Morgan fingerprint density at radius 1 is 1.21 bits per heavy atom. The normalized spacial score (nSPS) is 14.9. The van der Waals surface area contributed by atoms with Crippen LogP contribution in [-0.4, -0.2) is 49.9 Å². The van der Waals surface area contributed by atoms with Crippen LogP contribution in [0.15, 0.2) is 36.4 Å². The van der Waals surface area contributed by atoms with Crippen molar-refractivity contribution >= 4 is 5.69 Å². The zero-order chi connectivity index (χ0) is 24.7. The van der Waals surface area contributed by atoms with Crippen LogP contribution in [0.4, 0.5) is 18.9 Å². The van der Waals surface area contributed by atoms with E-state index in [2.05, 4.69) is 17.5 Å². The molecule has 0 spiro atoms. The molecule has 2 aromatic carbocycles. The number of nitrogens with zero attached hydrogens (tertiary/aromatic N) is 2. The second kappa shape index (κ2) is 11.4. The van der Waals surface area contributed by atoms with Gasteiger partial charge < -0.3 is 24.8 Å². The Kier molecular flexibility index (Phi) is 8.64. The molecule has 0 bridgehead atoms. The van der Waals surface area contributed by atoms with Crippen molar-refractivity contribution in [3.8, 4) is 17.6 Å². The van der Waals surface area contributed by atoms with Gasteiger partial charge in [0.25, 0.3) is 0 Å². The minimum absolute atomic E-state index is 0.0530. The Morgan fingerprint density at radius 3 is 2.56 bits per heavy atom. The Morgan fingerprint density at radius 2 is 1.91 bits per heavy atom. The summed E-state index contributed by atoms with van der Waals surface area (Å²) in [5, 5.41) is 23.3. The van der Waals surface area contributed by atoms with Gasteiger partial charge in [0.1, 0.15) is 18.9 Å². The SMILES string of the molecule is CCC(O)N1CCc2cc(C[C@H](C)NCCOc3ccccc3OCC(F)(F)F)cc(C#N)c21. The molecule has 0 aromatic heterocycles. The fourth-order valence-electron chi connectivity index (χ4n) is 4.10. The van der Waals surface area contributed by atoms with Crippen molar-refractivity contribution in [2.24, 2.45) is 0 Å². The van der Waals surface area contributed by atoms with Gasteiger partial charge in [-0.3, -0.25) is 0 Å². The molecule has 2 atom stereocenters. The highest BCUT2D eigenvalue weighted by atomic mass is 19.4. The molecule has 1 aliphatic heterocycles. The van der Waals surface area contributed by atoms with Crippen molar-refractivity contribution in [2.75, 3.05) is 31.2 Å². The molecule has 0 saturated heterocycles. The fourth-order valence-corrected chi connectivity index (χ4v) is 4.10. The van der Waals surface area contributed by atoms with Crippen LogP contribution in [0.5, 0.6) is 11.5 Å². The predicted octanol–water partition coefficient (Wildman–Crippen LogP) is 4.19. The first-order valence-electron chi connectivity index (χ1n) is 11.4. The van der Waals surface area contributed by atoms with E-state index in [4.69, 9.17) is 9.47 Å². The number of aliphatic hydroxyl groups excluding tert-OH is 1. The van der Waals surface area contributed by atoms with Gasteiger partial charge in [-0.05, 0) is 55.5 Å². The van der Waals surface area contributed by atoms with Gasteiger partial charge in [0.05, 0.1) is 11.3 Å². The summed E-state index contributed by atoms with van der Waals surface area (Å²) in [5.41, 5.74) is 3.52. The second-order valence-electron chi connectivity index (χ2n) is 8.35. The third-order valence-electron chi connectivity index (χ3n) is 5.64. The number of fused-ring (bicyclic) bond motifs is 1. The summed E-state index contributed by atoms with van der Waals surface area (Å²) < 4.78 is 47.7. The molecule has 9 heteroatoms. The maximum Gasteiger partial charge on any atom is 0.422 e. The molecule has 2 N–H and O–H groups in total. The van der Waals surface area contributed by atoms with Gasteiger partial charge >= 0.3 is 6.18 Å². The van der Waals surface area contributed by atoms with Crippen molar-refractivity contribution in [2.45, 2.75) is 51.6 Å². The molecule has 0 saturated carbocycles. The van der Waals surface area contributed by atoms with Crippen LogP contribution in [0.25, 0.3) is 0 Å². The Bertz CT molecular complexity index is 1010. The van der Waals surface area contributed by atoms with E-state index in [1.807, 2.05) is 24.8 Å². The van der Waals surface area contributed by atoms with E-state index in [-0.39, 0.29) is 24.1 Å². The molecule has 0 fully saturated rings. The summed E-state index contributed by atoms with van der Waals surface area (Å²) in [5.74, 6) is 0.314. The minimum Gasteiger partial charge on any atom is -0.488 e. The Labute approximate surface area is 197 Å². The molecule has 0 aliphatic carbocycles. The molecule has 6 nitrogen and oxygen atoms in total. The molecule has 1 aliphatic rings. The largest absolute Gasteiger partial charge is 0.488 e. The molecule has 0 radical (unpaired) electrons. The van der Waals surface area contributed by atoms with Crippen LogP contribution >= 0.6 is 0 Å². The van der Waals surface area contributed by atoms with Crippen LogP contribution in [0.3, 0.4) is 0 Å². The number of halogens is 3. The number of rotatable bonds is 11. The van der Waals surface area contributed by atoms with Gasteiger partial charge in [-0.2, -0.15) is 18.4 Å². The van der Waals surface area contributed by atoms with E-state index in [9.17, 15) is 23.5 Å². The first-order valence-corrected chi connectivity index (χ1v) is 11.4. The van der Waals surface area contributed by atoms with E-state index in [1.54, 1.807) is 18.2 Å². The lowest BCUT2D eigenvalue weighted by atomic mass is 9.99. The zero-order valence-corrected chi connectivity index (χ0v) is 19.4. The first kappa shape index (κ1) is 25.7. The van der Waals surface area contributed by atoms with Crippen LogP contribution in [0.2, 0.25) is 0 Å². The number of anilines is 1. The van der Waals surface area contributed by atoms with Gasteiger partial charge in [0.15, 0.2) is 18.1 Å². The summed E-state index contributed by atoms with van der Waals surface area (Å²) in [7, 11) is 0. The Balaban J connectivity index is 1.52. The van der Waals surface area contributed by atoms with E-state index < -0.39 is 19.0 Å². The number of para-hydroxylation sites is 2. The monoisotopic (exact) mass is 477 g/mol. The lowest BCUT2D eigenvalue weighted by molar-refractivity contribution is -0.153. The van der Waals surface area contributed by atoms with E-state index in [1.165, 1.54) is 6.07 Å². The van der Waals surface area contributed by atoms with E-state index in [0.717, 1.165) is 23.2 Å². The smallest absolute Gasteiger partial charge is 0.422 e. The minimum atomic E-state index is -4.42. The molecule has 3 rings (SSSR count). The first-order chi connectivity index (χ1) is 16.2. The Hall–Kier alpha value is -2.96. The summed E-state index contributed by atoms with van der Waals surface area (Å²) in [6, 6.07) is 12.6. The molecule has 0 amide bonds. The number of benzene rings is 2. The maximum atomic E-state index is 12.4. The number of nitriles is 1. The van der Waals surface area contributed by atoms with Gasteiger partial charge in [0, 0.05) is 19.1 Å². The van der Waals surface area contributed by atoms with Crippen molar-refractivity contribution in [3.05, 3.63) is 53.1 Å². The van der Waals surface area contributed by atoms with Gasteiger partial charge in [-0.1, -0.05) is 25.1 Å². The molecule has 184 valence electrons. The number of nitrogens with one attached hydrogen (secondary N) is 1. The second-order valence-corrected chi connectivity index (χ2v) is 8.35. The molecule has 1 unspecified atom stereocenters. The maximum absolute atomic E-state index is 12.4. The fraction of sp³-hybridized carbons (Fsp3) is 0.480. The average molecular weight is 478 g/mol. The third kappa shape index (κ3) is 6.78. The topological polar surface area (TPSA) is 77.8 Å². The average Bonchev–Trinajstić information content (AvgIpc) is 3.23. The van der Waals surface area contributed by atoms with Gasteiger partial charge in [-0.25, -0.2) is 0 Å². The summed E-state index contributed by atoms with van der Waals surface area (Å²) in [6.45, 7) is 4.00. The molecule has 1 heterocycles. The van der Waals surface area contributed by atoms with Crippen molar-refractivity contribution in [3.63, 3.8) is 0 Å².